The van der Waals surface area contributed by atoms with Gasteiger partial charge in [0, 0.05) is 9.24 Å². The van der Waals surface area contributed by atoms with Crippen LogP contribution in [-0.2, 0) is 0 Å². The van der Waals surface area contributed by atoms with Crippen LogP contribution < -0.4 is 5.31 Å². The molecule has 1 aromatic carbocycles. The zero-order chi connectivity index (χ0) is 14.0. The summed E-state index contributed by atoms with van der Waals surface area (Å²) in [7, 11) is 1.12. The lowest BCUT2D eigenvalue weighted by atomic mass is 10.1. The minimum Gasteiger partial charge on any atom is -0.508 e. The molecule has 1 rings (SSSR count). The fraction of sp³-hybridized carbons (Fsp3) is 0.333. The second-order valence-corrected chi connectivity index (χ2v) is 2.19. The number of hydrogen-bond acceptors (Lipinski definition) is 3. The second-order valence-electron chi connectivity index (χ2n) is 2.19. The number of phenolic OH excluding ortho intramolecular Hbond substituents is 1. The Balaban J connectivity index is 3.30. The van der Waals surface area contributed by atoms with Crippen molar-refractivity contribution >= 4 is 0 Å². The van der Waals surface area contributed by atoms with Crippen LogP contribution in [0.4, 0.5) is 0 Å². The predicted molar refractivity (Wildman–Crippen MR) is 47.0 cm³/mol. The molecule has 12 heavy (non-hydrogen) atoms. The Morgan fingerprint density at radius 3 is 3.50 bits per heavy atom. The Kier molecular flexibility index (Phi) is 1.28. The molecule has 0 aliphatic rings. The number of phenols is 1. The maximum Gasteiger partial charge on any atom is 0.293 e. The van der Waals surface area contributed by atoms with E-state index in [1.165, 1.54) is 24.3 Å². The van der Waals surface area contributed by atoms with Crippen molar-refractivity contribution in [2.45, 2.75) is 6.08 Å². The maximum absolute atomic E-state index is 7.95. The quantitative estimate of drug-likeness (QED) is 0.612. The van der Waals surface area contributed by atoms with Gasteiger partial charge in [0.25, 0.3) is 1.43 Å². The van der Waals surface area contributed by atoms with Gasteiger partial charge in [0.15, 0.2) is 0 Å². The number of aliphatic hydroxyl groups is 1. The molecule has 3 heteroatoms. The van der Waals surface area contributed by atoms with E-state index >= 15 is 0 Å². The predicted octanol–water partition coefficient (Wildman–Crippen LogP) is 0.645. The molecular weight excluding hydrogens is 154 g/mol. The summed E-state index contributed by atoms with van der Waals surface area (Å²) in [5, 5.41) is 8.85. The van der Waals surface area contributed by atoms with Gasteiger partial charge in [-0.05, 0) is 24.7 Å². The minimum absolute atomic E-state index is 0.0219. The van der Waals surface area contributed by atoms with Gasteiger partial charge in [0.1, 0.15) is 7.16 Å². The van der Waals surface area contributed by atoms with Crippen molar-refractivity contribution in [1.29, 1.82) is 2.86 Å². The van der Waals surface area contributed by atoms with Gasteiger partial charge in [0.2, 0.25) is 1.43 Å². The first-order valence-electron chi connectivity index (χ1n) is 6.16. The van der Waals surface area contributed by atoms with Crippen molar-refractivity contribution in [1.82, 2.24) is 5.31 Å². The highest BCUT2D eigenvalue weighted by atomic mass is 16.3. The van der Waals surface area contributed by atoms with Crippen molar-refractivity contribution in [2.75, 3.05) is 13.5 Å². The van der Waals surface area contributed by atoms with Gasteiger partial charge < -0.3 is 15.5 Å². The first kappa shape index (κ1) is 3.77. The number of hydrogen-bond donors (Lipinski definition) is 3. The molecule has 66 valence electrons. The molecule has 3 nitrogen and oxygen atoms in total. The van der Waals surface area contributed by atoms with Crippen molar-refractivity contribution in [2.24, 2.45) is 0 Å². The van der Waals surface area contributed by atoms with E-state index in [1.54, 1.807) is 0 Å². The van der Waals surface area contributed by atoms with Gasteiger partial charge in [-0.15, -0.1) is 0 Å². The average Bonchev–Trinajstić information content (AvgIpc) is 2.37. The molecule has 0 heterocycles. The maximum atomic E-state index is 7.95. The molecule has 0 aromatic heterocycles. The third-order valence-electron chi connectivity index (χ3n) is 1.31. The van der Waals surface area contributed by atoms with Gasteiger partial charge in [0.05, 0.1) is 7.45 Å². The smallest absolute Gasteiger partial charge is 0.293 e. The molecule has 0 aliphatic carbocycles. The van der Waals surface area contributed by atoms with Crippen molar-refractivity contribution in [3.05, 3.63) is 29.8 Å². The van der Waals surface area contributed by atoms with E-state index in [-0.39, 0.29) is 11.3 Å². The monoisotopic (exact) mass is 173 g/mol. The highest BCUT2D eigenvalue weighted by molar-refractivity contribution is 5.28. The van der Waals surface area contributed by atoms with Gasteiger partial charge in [-0.2, -0.15) is 0 Å². The van der Waals surface area contributed by atoms with E-state index in [4.69, 9.17) is 8.39 Å². The van der Waals surface area contributed by atoms with Crippen molar-refractivity contribution in [3.63, 3.8) is 0 Å². The van der Waals surface area contributed by atoms with Crippen LogP contribution in [0.3, 0.4) is 0 Å². The van der Waals surface area contributed by atoms with Crippen LogP contribution >= 0.6 is 0 Å². The molecule has 3 N–H and O–H groups in total. The summed E-state index contributed by atoms with van der Waals surface area (Å²) in [4.78, 5) is 0. The summed E-state index contributed by atoms with van der Waals surface area (Å²) in [5.41, 5.74) is -0.0219. The van der Waals surface area contributed by atoms with Gasteiger partial charge in [-0.25, -0.2) is 0 Å². The van der Waals surface area contributed by atoms with E-state index in [9.17, 15) is 0 Å². The molecule has 0 fully saturated rings. The van der Waals surface area contributed by atoms with Crippen LogP contribution in [0.15, 0.2) is 24.3 Å². The van der Waals surface area contributed by atoms with Crippen LogP contribution in [-0.4, -0.2) is 26.6 Å². The van der Waals surface area contributed by atoms with E-state index in [1.807, 2.05) is 0 Å². The summed E-state index contributed by atoms with van der Waals surface area (Å²) >= 11 is 0. The normalized spacial score (nSPS) is 23.8. The summed E-state index contributed by atoms with van der Waals surface area (Å²) < 4.78 is 44.3. The SMILES string of the molecule is [2H]Oc1cccc(C([2H])(O[2H])C([2H])([2H])N([2H])C)c1. The standard InChI is InChI=1S/C9H13NO2/c1-10-6-9(12)7-3-2-4-8(11)5-7/h2-5,9-12H,6H2,1H3/i6D2,9D,12D/hD2. The first-order chi connectivity index (χ1) is 8.29. The largest absolute Gasteiger partial charge is 0.508 e. The fourth-order valence-corrected chi connectivity index (χ4v) is 0.803. The van der Waals surface area contributed by atoms with Crippen molar-refractivity contribution < 1.29 is 15.7 Å². The van der Waals surface area contributed by atoms with Crippen LogP contribution in [0.2, 0.25) is 1.41 Å². The highest BCUT2D eigenvalue weighted by Gasteiger charge is 2.05. The third kappa shape index (κ3) is 2.22. The van der Waals surface area contributed by atoms with Gasteiger partial charge in [-0.3, -0.25) is 0 Å². The Hall–Kier alpha value is -1.06. The zero-order valence-corrected chi connectivity index (χ0v) is 6.57. The summed E-state index contributed by atoms with van der Waals surface area (Å²) in [5.74, 6) is 0.0876. The van der Waals surface area contributed by atoms with E-state index < -0.39 is 12.6 Å². The number of likely N-dealkylation sites (N-methyl/N-ethyl adjacent to an activating group) is 1. The molecule has 1 unspecified atom stereocenters. The molecule has 0 spiro atoms. The zero-order valence-electron chi connectivity index (χ0n) is 12.6. The molecule has 0 saturated carbocycles. The van der Waals surface area contributed by atoms with E-state index in [0.717, 1.165) is 7.05 Å². The first-order valence-corrected chi connectivity index (χ1v) is 3.40. The lowest BCUT2D eigenvalue weighted by molar-refractivity contribution is 0.177. The Bertz CT molecular complexity index is 416. The molecule has 0 bridgehead atoms. The fourth-order valence-electron chi connectivity index (χ4n) is 0.803. The summed E-state index contributed by atoms with van der Waals surface area (Å²) in [6, 6.07) is 5.48. The van der Waals surface area contributed by atoms with Crippen LogP contribution in [0, 0.1) is 0 Å². The lowest BCUT2D eigenvalue weighted by Crippen LogP contribution is -2.16. The van der Waals surface area contributed by atoms with Crippen LogP contribution in [0.25, 0.3) is 0 Å². The lowest BCUT2D eigenvalue weighted by Gasteiger charge is -2.09. The highest BCUT2D eigenvalue weighted by Crippen LogP contribution is 2.17. The summed E-state index contributed by atoms with van der Waals surface area (Å²) in [6.07, 6.45) is -2.43. The molecule has 0 aliphatic heterocycles. The second kappa shape index (κ2) is 4.09. The molecule has 1 aromatic rings. The van der Waals surface area contributed by atoms with Crippen LogP contribution in [0.1, 0.15) is 15.8 Å². The molecule has 1 atom stereocenters. The Morgan fingerprint density at radius 1 is 1.92 bits per heavy atom. The topological polar surface area (TPSA) is 52.5 Å². The Labute approximate surface area is 80.3 Å². The van der Waals surface area contributed by atoms with Crippen LogP contribution in [0.5, 0.6) is 5.75 Å². The number of rotatable bonds is 5. The third-order valence-corrected chi connectivity index (χ3v) is 1.31. The van der Waals surface area contributed by atoms with E-state index in [2.05, 4.69) is 10.2 Å². The van der Waals surface area contributed by atoms with Gasteiger partial charge >= 0.3 is 0 Å². The van der Waals surface area contributed by atoms with E-state index in [0.29, 0.717) is 5.31 Å². The molecule has 0 amide bonds. The average molecular weight is 173 g/mol. The minimum atomic E-state index is -2.56. The van der Waals surface area contributed by atoms with Crippen molar-refractivity contribution in [3.8, 4) is 5.75 Å². The molecule has 0 radical (unpaired) electrons. The summed E-state index contributed by atoms with van der Waals surface area (Å²) in [6.45, 7) is -2.56. The molecule has 0 saturated heterocycles. The number of aromatic hydroxyl groups is 1. The number of nitrogens with one attached hydrogen (secondary N) is 1. The number of benzene rings is 1. The molecular formula is C9H13NO2. The Morgan fingerprint density at radius 2 is 2.83 bits per heavy atom. The van der Waals surface area contributed by atoms with Gasteiger partial charge in [-0.1, -0.05) is 12.1 Å².